The molecule has 0 radical (unpaired) electrons. The molecule has 30 heavy (non-hydrogen) atoms. The Kier molecular flexibility index (Phi) is 4.29. The second-order valence-corrected chi connectivity index (χ2v) is 7.64. The molecule has 0 bridgehead atoms. The van der Waals surface area contributed by atoms with Gasteiger partial charge in [0, 0.05) is 16.7 Å². The van der Waals surface area contributed by atoms with Crippen LogP contribution in [0.3, 0.4) is 0 Å². The van der Waals surface area contributed by atoms with Gasteiger partial charge in [-0.05, 0) is 48.0 Å². The van der Waals surface area contributed by atoms with Crippen LogP contribution in [-0.2, 0) is 10.2 Å². The van der Waals surface area contributed by atoms with E-state index in [9.17, 15) is 9.18 Å². The summed E-state index contributed by atoms with van der Waals surface area (Å²) in [5.74, 6) is -1.13. The van der Waals surface area contributed by atoms with Crippen molar-refractivity contribution in [3.8, 4) is 11.3 Å². The van der Waals surface area contributed by atoms with Gasteiger partial charge in [0.15, 0.2) is 0 Å². The fourth-order valence-corrected chi connectivity index (χ4v) is 3.49. The molecule has 8 heteroatoms. The number of carbonyl (C=O) groups excluding carboxylic acids is 1. The molecule has 0 atom stereocenters. The molecule has 0 aliphatic carbocycles. The monoisotopic (exact) mass is 403 g/mol. The van der Waals surface area contributed by atoms with Gasteiger partial charge in [-0.2, -0.15) is 10.3 Å². The SMILES string of the molecule is CC1(c2ccc(NC(=O)c3cc(-c4ccc5n[nH]nc5n4)ccc3F)cc2)COC1. The summed E-state index contributed by atoms with van der Waals surface area (Å²) in [6, 6.07) is 15.4. The number of ether oxygens (including phenoxy) is 1. The van der Waals surface area contributed by atoms with E-state index in [0.717, 1.165) is 5.56 Å². The smallest absolute Gasteiger partial charge is 0.258 e. The minimum atomic E-state index is -0.602. The quantitative estimate of drug-likeness (QED) is 0.542. The van der Waals surface area contributed by atoms with E-state index in [-0.39, 0.29) is 11.0 Å². The molecule has 0 unspecified atom stereocenters. The highest BCUT2D eigenvalue weighted by Crippen LogP contribution is 2.32. The molecule has 7 nitrogen and oxygen atoms in total. The molecule has 2 aromatic heterocycles. The summed E-state index contributed by atoms with van der Waals surface area (Å²) >= 11 is 0. The molecule has 3 heterocycles. The van der Waals surface area contributed by atoms with Crippen molar-refractivity contribution < 1.29 is 13.9 Å². The number of nitrogens with zero attached hydrogens (tertiary/aromatic N) is 3. The van der Waals surface area contributed by atoms with E-state index < -0.39 is 11.7 Å². The zero-order chi connectivity index (χ0) is 20.7. The van der Waals surface area contributed by atoms with Crippen LogP contribution in [0.5, 0.6) is 0 Å². The van der Waals surface area contributed by atoms with Gasteiger partial charge < -0.3 is 10.1 Å². The number of H-pyrrole nitrogens is 1. The van der Waals surface area contributed by atoms with Crippen molar-refractivity contribution in [2.45, 2.75) is 12.3 Å². The highest BCUT2D eigenvalue weighted by atomic mass is 19.1. The van der Waals surface area contributed by atoms with Crippen molar-refractivity contribution in [2.24, 2.45) is 0 Å². The molecule has 0 spiro atoms. The van der Waals surface area contributed by atoms with Crippen molar-refractivity contribution >= 4 is 22.8 Å². The van der Waals surface area contributed by atoms with E-state index in [1.807, 2.05) is 24.3 Å². The summed E-state index contributed by atoms with van der Waals surface area (Å²) < 4.78 is 19.7. The van der Waals surface area contributed by atoms with Crippen LogP contribution < -0.4 is 5.32 Å². The van der Waals surface area contributed by atoms with Gasteiger partial charge in [0.2, 0.25) is 5.65 Å². The number of pyridine rings is 1. The first kappa shape index (κ1) is 18.4. The molecule has 1 fully saturated rings. The Labute approximate surface area is 171 Å². The van der Waals surface area contributed by atoms with Crippen LogP contribution in [0.2, 0.25) is 0 Å². The predicted octanol–water partition coefficient (Wildman–Crippen LogP) is 3.70. The highest BCUT2D eigenvalue weighted by Gasteiger charge is 2.34. The minimum Gasteiger partial charge on any atom is -0.379 e. The molecule has 1 aliphatic rings. The molecule has 2 aromatic carbocycles. The van der Waals surface area contributed by atoms with Crippen LogP contribution in [0.15, 0.2) is 54.6 Å². The zero-order valence-electron chi connectivity index (χ0n) is 16.1. The van der Waals surface area contributed by atoms with Crippen LogP contribution in [0.25, 0.3) is 22.4 Å². The van der Waals surface area contributed by atoms with Gasteiger partial charge >= 0.3 is 0 Å². The molecule has 4 aromatic rings. The molecule has 1 aliphatic heterocycles. The highest BCUT2D eigenvalue weighted by molar-refractivity contribution is 6.05. The zero-order valence-corrected chi connectivity index (χ0v) is 16.1. The third kappa shape index (κ3) is 3.21. The number of benzene rings is 2. The Bertz CT molecular complexity index is 1250. The second kappa shape index (κ2) is 7.00. The number of rotatable bonds is 4. The van der Waals surface area contributed by atoms with Crippen molar-refractivity contribution in [2.75, 3.05) is 18.5 Å². The maximum Gasteiger partial charge on any atom is 0.258 e. The lowest BCUT2D eigenvalue weighted by Gasteiger charge is -2.38. The number of nitrogens with one attached hydrogen (secondary N) is 2. The van der Waals surface area contributed by atoms with E-state index in [1.54, 1.807) is 18.2 Å². The third-order valence-corrected chi connectivity index (χ3v) is 5.37. The molecule has 150 valence electrons. The molecule has 1 saturated heterocycles. The van der Waals surface area contributed by atoms with Crippen molar-refractivity contribution in [1.82, 2.24) is 20.4 Å². The number of fused-ring (bicyclic) bond motifs is 1. The third-order valence-electron chi connectivity index (χ3n) is 5.37. The number of aromatic nitrogens is 4. The molecule has 0 saturated carbocycles. The maximum absolute atomic E-state index is 14.4. The van der Waals surface area contributed by atoms with Gasteiger partial charge in [0.05, 0.1) is 24.5 Å². The number of halogens is 1. The van der Waals surface area contributed by atoms with Gasteiger partial charge in [-0.1, -0.05) is 19.1 Å². The Balaban J connectivity index is 1.39. The Hall–Kier alpha value is -3.65. The van der Waals surface area contributed by atoms with Crippen molar-refractivity contribution in [1.29, 1.82) is 0 Å². The van der Waals surface area contributed by atoms with Gasteiger partial charge in [-0.15, -0.1) is 5.10 Å². The predicted molar refractivity (Wildman–Crippen MR) is 110 cm³/mol. The average molecular weight is 403 g/mol. The van der Waals surface area contributed by atoms with Gasteiger partial charge in [0.25, 0.3) is 5.91 Å². The van der Waals surface area contributed by atoms with Crippen LogP contribution >= 0.6 is 0 Å². The number of amides is 1. The topological polar surface area (TPSA) is 92.8 Å². The van der Waals surface area contributed by atoms with Gasteiger partial charge in [-0.25, -0.2) is 9.37 Å². The van der Waals surface area contributed by atoms with Crippen LogP contribution in [0, 0.1) is 5.82 Å². The van der Waals surface area contributed by atoms with Gasteiger partial charge in [-0.3, -0.25) is 4.79 Å². The van der Waals surface area contributed by atoms with Crippen LogP contribution in [0.1, 0.15) is 22.8 Å². The number of carbonyl (C=O) groups is 1. The molecular weight excluding hydrogens is 385 g/mol. The first-order valence-corrected chi connectivity index (χ1v) is 9.49. The lowest BCUT2D eigenvalue weighted by molar-refractivity contribution is -0.0499. The summed E-state index contributed by atoms with van der Waals surface area (Å²) in [5.41, 5.74) is 3.97. The largest absolute Gasteiger partial charge is 0.379 e. The van der Waals surface area contributed by atoms with Crippen molar-refractivity contribution in [3.63, 3.8) is 0 Å². The Morgan fingerprint density at radius 3 is 2.63 bits per heavy atom. The average Bonchev–Trinajstić information content (AvgIpc) is 3.21. The summed E-state index contributed by atoms with van der Waals surface area (Å²) in [6.07, 6.45) is 0. The number of hydrogen-bond donors (Lipinski definition) is 2. The minimum absolute atomic E-state index is 0.0148. The molecule has 5 rings (SSSR count). The molecule has 2 N–H and O–H groups in total. The summed E-state index contributed by atoms with van der Waals surface area (Å²) in [6.45, 7) is 3.51. The maximum atomic E-state index is 14.4. The Morgan fingerprint density at radius 1 is 1.10 bits per heavy atom. The first-order valence-electron chi connectivity index (χ1n) is 9.49. The van der Waals surface area contributed by atoms with E-state index in [2.05, 4.69) is 32.6 Å². The van der Waals surface area contributed by atoms with E-state index >= 15 is 0 Å². The van der Waals surface area contributed by atoms with Crippen molar-refractivity contribution in [3.05, 3.63) is 71.5 Å². The van der Waals surface area contributed by atoms with E-state index in [4.69, 9.17) is 4.74 Å². The molecular formula is C22H18FN5O2. The normalized spacial score (nSPS) is 15.0. The number of anilines is 1. The molecule has 1 amide bonds. The van der Waals surface area contributed by atoms with E-state index in [1.165, 1.54) is 12.1 Å². The lowest BCUT2D eigenvalue weighted by Crippen LogP contribution is -2.43. The fraction of sp³-hybridized carbons (Fsp3) is 0.182. The number of hydrogen-bond acceptors (Lipinski definition) is 5. The van der Waals surface area contributed by atoms with Crippen LogP contribution in [0.4, 0.5) is 10.1 Å². The lowest BCUT2D eigenvalue weighted by atomic mass is 9.81. The fourth-order valence-electron chi connectivity index (χ4n) is 3.49. The summed E-state index contributed by atoms with van der Waals surface area (Å²) in [4.78, 5) is 17.1. The Morgan fingerprint density at radius 2 is 1.90 bits per heavy atom. The van der Waals surface area contributed by atoms with Crippen LogP contribution in [-0.4, -0.2) is 39.5 Å². The summed E-state index contributed by atoms with van der Waals surface area (Å²) in [7, 11) is 0. The first-order chi connectivity index (χ1) is 14.5. The summed E-state index contributed by atoms with van der Waals surface area (Å²) in [5, 5.41) is 13.2. The van der Waals surface area contributed by atoms with E-state index in [0.29, 0.717) is 41.3 Å². The number of aromatic amines is 1. The standard InChI is InChI=1S/C22H18FN5O2/c1-22(11-30-12-22)14-3-5-15(6-4-14)24-21(29)16-10-13(2-7-17(16)23)18-8-9-19-20(25-18)27-28-26-19/h2-10H,11-12H2,1H3,(H,24,29)(H,25,26,27,28). The van der Waals surface area contributed by atoms with Gasteiger partial charge in [0.1, 0.15) is 11.3 Å². The second-order valence-electron chi connectivity index (χ2n) is 7.64.